The summed E-state index contributed by atoms with van der Waals surface area (Å²) in [5.74, 6) is 0.662. The zero-order valence-electron chi connectivity index (χ0n) is 12.3. The highest BCUT2D eigenvalue weighted by molar-refractivity contribution is 7.98. The van der Waals surface area contributed by atoms with Crippen molar-refractivity contribution in [1.82, 2.24) is 25.5 Å². The van der Waals surface area contributed by atoms with Crippen LogP contribution < -0.4 is 5.32 Å². The normalized spacial score (nSPS) is 10.4. The Kier molecular flexibility index (Phi) is 5.00. The number of benzene rings is 1. The Morgan fingerprint density at radius 3 is 2.70 bits per heavy atom. The van der Waals surface area contributed by atoms with Crippen molar-refractivity contribution in [2.75, 3.05) is 0 Å². The van der Waals surface area contributed by atoms with Gasteiger partial charge in [-0.15, -0.1) is 0 Å². The van der Waals surface area contributed by atoms with Crippen molar-refractivity contribution >= 4 is 17.7 Å². The lowest BCUT2D eigenvalue weighted by Crippen LogP contribution is -2.23. The molecule has 0 fully saturated rings. The van der Waals surface area contributed by atoms with Gasteiger partial charge in [0.25, 0.3) is 5.91 Å². The number of carbonyl (C=O) groups is 1. The molecule has 6 nitrogen and oxygen atoms in total. The minimum Gasteiger partial charge on any atom is -0.346 e. The predicted octanol–water partition coefficient (Wildman–Crippen LogP) is 2.42. The molecule has 0 aliphatic rings. The van der Waals surface area contributed by atoms with Crippen LogP contribution in [0.15, 0.2) is 60.1 Å². The van der Waals surface area contributed by atoms with Crippen molar-refractivity contribution < 1.29 is 4.79 Å². The molecule has 0 saturated heterocycles. The molecule has 0 saturated carbocycles. The van der Waals surface area contributed by atoms with Crippen LogP contribution in [-0.2, 0) is 12.3 Å². The van der Waals surface area contributed by atoms with E-state index in [2.05, 4.69) is 25.5 Å². The number of thioether (sulfide) groups is 1. The molecule has 7 heteroatoms. The Morgan fingerprint density at radius 1 is 1.13 bits per heavy atom. The summed E-state index contributed by atoms with van der Waals surface area (Å²) >= 11 is 1.56. The van der Waals surface area contributed by atoms with Gasteiger partial charge in [-0.3, -0.25) is 14.9 Å². The molecule has 0 bridgehead atoms. The first kappa shape index (κ1) is 15.2. The van der Waals surface area contributed by atoms with Gasteiger partial charge in [-0.2, -0.15) is 5.10 Å². The first-order valence-corrected chi connectivity index (χ1v) is 8.05. The average Bonchev–Trinajstić information content (AvgIpc) is 3.13. The highest BCUT2D eigenvalue weighted by Crippen LogP contribution is 2.18. The summed E-state index contributed by atoms with van der Waals surface area (Å²) < 4.78 is 0. The molecule has 0 aliphatic heterocycles. The third kappa shape index (κ3) is 4.40. The number of rotatable bonds is 6. The number of hydrogen-bond acceptors (Lipinski definition) is 5. The van der Waals surface area contributed by atoms with Gasteiger partial charge < -0.3 is 5.32 Å². The number of hydrogen-bond donors (Lipinski definition) is 2. The van der Waals surface area contributed by atoms with Gasteiger partial charge in [0.05, 0.1) is 12.2 Å². The second-order valence-corrected chi connectivity index (χ2v) is 5.74. The highest BCUT2D eigenvalue weighted by atomic mass is 32.2. The van der Waals surface area contributed by atoms with Crippen molar-refractivity contribution in [2.45, 2.75) is 17.5 Å². The summed E-state index contributed by atoms with van der Waals surface area (Å²) in [4.78, 5) is 20.3. The molecule has 2 aromatic heterocycles. The molecule has 1 aromatic carbocycles. The van der Waals surface area contributed by atoms with Gasteiger partial charge >= 0.3 is 0 Å². The van der Waals surface area contributed by atoms with Crippen LogP contribution >= 0.6 is 11.8 Å². The third-order valence-corrected chi connectivity index (χ3v) is 4.09. The van der Waals surface area contributed by atoms with E-state index < -0.39 is 0 Å². The second-order valence-electron chi connectivity index (χ2n) is 4.78. The fraction of sp³-hybridized carbons (Fsp3) is 0.125. The van der Waals surface area contributed by atoms with Gasteiger partial charge in [-0.1, -0.05) is 30.0 Å². The topological polar surface area (TPSA) is 83.6 Å². The van der Waals surface area contributed by atoms with Crippen LogP contribution in [0.3, 0.4) is 0 Å². The monoisotopic (exact) mass is 325 g/mol. The Labute approximate surface area is 137 Å². The van der Waals surface area contributed by atoms with E-state index in [9.17, 15) is 4.79 Å². The lowest BCUT2D eigenvalue weighted by molar-refractivity contribution is 0.0950. The van der Waals surface area contributed by atoms with E-state index in [0.717, 1.165) is 22.2 Å². The minimum atomic E-state index is -0.106. The number of nitrogens with one attached hydrogen (secondary N) is 2. The molecule has 1 amide bonds. The van der Waals surface area contributed by atoms with Gasteiger partial charge in [0, 0.05) is 17.5 Å². The third-order valence-electron chi connectivity index (χ3n) is 3.14. The average molecular weight is 325 g/mol. The van der Waals surface area contributed by atoms with Crippen LogP contribution in [0.1, 0.15) is 21.6 Å². The lowest BCUT2D eigenvalue weighted by Gasteiger charge is -2.06. The Bertz CT molecular complexity index is 744. The van der Waals surface area contributed by atoms with E-state index in [-0.39, 0.29) is 5.91 Å². The molecule has 3 aromatic rings. The molecule has 2 N–H and O–H groups in total. The molecule has 116 valence electrons. The second kappa shape index (κ2) is 7.55. The van der Waals surface area contributed by atoms with Gasteiger partial charge in [-0.25, -0.2) is 4.98 Å². The summed E-state index contributed by atoms with van der Waals surface area (Å²) in [6.07, 6.45) is 3.19. The Morgan fingerprint density at radius 2 is 2.00 bits per heavy atom. The largest absolute Gasteiger partial charge is 0.346 e. The summed E-state index contributed by atoms with van der Waals surface area (Å²) in [6.45, 7) is 0.419. The number of pyridine rings is 1. The highest BCUT2D eigenvalue weighted by Gasteiger charge is 2.06. The zero-order valence-corrected chi connectivity index (χ0v) is 13.1. The summed E-state index contributed by atoms with van der Waals surface area (Å²) in [6, 6.07) is 13.2. The summed E-state index contributed by atoms with van der Waals surface area (Å²) in [5.41, 5.74) is 2.59. The fourth-order valence-electron chi connectivity index (χ4n) is 1.94. The van der Waals surface area contributed by atoms with Crippen LogP contribution in [0.2, 0.25) is 0 Å². The Hall–Kier alpha value is -2.67. The standard InChI is InChI=1S/C16H15N5OS/c22-15(18-9-14-3-1-2-8-17-14)13-6-4-12(5-7-13)10-23-16-19-11-20-21-16/h1-8,11H,9-10H2,(H,18,22)(H,19,20,21). The van der Waals surface area contributed by atoms with Gasteiger partial charge in [-0.05, 0) is 29.8 Å². The van der Waals surface area contributed by atoms with E-state index in [1.165, 1.54) is 6.33 Å². The van der Waals surface area contributed by atoms with E-state index in [1.807, 2.05) is 42.5 Å². The first-order chi connectivity index (χ1) is 11.3. The molecule has 23 heavy (non-hydrogen) atoms. The smallest absolute Gasteiger partial charge is 0.251 e. The van der Waals surface area contributed by atoms with E-state index in [4.69, 9.17) is 0 Å². The van der Waals surface area contributed by atoms with Crippen molar-refractivity contribution in [3.05, 3.63) is 71.8 Å². The molecule has 0 unspecified atom stereocenters. The van der Waals surface area contributed by atoms with E-state index >= 15 is 0 Å². The summed E-state index contributed by atoms with van der Waals surface area (Å²) in [5, 5.41) is 10.2. The van der Waals surface area contributed by atoms with Gasteiger partial charge in [0.1, 0.15) is 6.33 Å². The van der Waals surface area contributed by atoms with Crippen LogP contribution in [0.5, 0.6) is 0 Å². The van der Waals surface area contributed by atoms with Crippen LogP contribution in [0.4, 0.5) is 0 Å². The number of nitrogens with zero attached hydrogens (tertiary/aromatic N) is 3. The van der Waals surface area contributed by atoms with Crippen molar-refractivity contribution in [3.63, 3.8) is 0 Å². The molecule has 0 atom stereocenters. The predicted molar refractivity (Wildman–Crippen MR) is 87.8 cm³/mol. The Balaban J connectivity index is 1.53. The summed E-state index contributed by atoms with van der Waals surface area (Å²) in [7, 11) is 0. The van der Waals surface area contributed by atoms with Crippen molar-refractivity contribution in [2.24, 2.45) is 0 Å². The maximum Gasteiger partial charge on any atom is 0.251 e. The maximum atomic E-state index is 12.1. The molecular formula is C16H15N5OS. The number of H-pyrrole nitrogens is 1. The van der Waals surface area contributed by atoms with Gasteiger partial charge in [0.2, 0.25) is 0 Å². The molecule has 0 aliphatic carbocycles. The number of amides is 1. The molecule has 0 spiro atoms. The first-order valence-electron chi connectivity index (χ1n) is 7.06. The molecule has 2 heterocycles. The maximum absolute atomic E-state index is 12.1. The van der Waals surface area contributed by atoms with Crippen molar-refractivity contribution in [3.8, 4) is 0 Å². The number of carbonyl (C=O) groups excluding carboxylic acids is 1. The molecular weight excluding hydrogens is 310 g/mol. The fourth-order valence-corrected chi connectivity index (χ4v) is 2.68. The van der Waals surface area contributed by atoms with E-state index in [1.54, 1.807) is 18.0 Å². The SMILES string of the molecule is O=C(NCc1ccccn1)c1ccc(CSc2ncn[nH]2)cc1. The van der Waals surface area contributed by atoms with Crippen LogP contribution in [0, 0.1) is 0 Å². The molecule has 0 radical (unpaired) electrons. The van der Waals surface area contributed by atoms with Crippen LogP contribution in [-0.4, -0.2) is 26.1 Å². The number of aromatic amines is 1. The lowest BCUT2D eigenvalue weighted by atomic mass is 10.1. The van der Waals surface area contributed by atoms with Crippen LogP contribution in [0.25, 0.3) is 0 Å². The quantitative estimate of drug-likeness (QED) is 0.680. The minimum absolute atomic E-state index is 0.106. The van der Waals surface area contributed by atoms with Crippen molar-refractivity contribution in [1.29, 1.82) is 0 Å². The van der Waals surface area contributed by atoms with E-state index in [0.29, 0.717) is 12.1 Å². The molecule has 3 rings (SSSR count). The zero-order chi connectivity index (χ0) is 15.9. The number of aromatic nitrogens is 4. The van der Waals surface area contributed by atoms with Gasteiger partial charge in [0.15, 0.2) is 5.16 Å².